The number of para-hydroxylation sites is 6. The van der Waals surface area contributed by atoms with E-state index in [4.69, 9.17) is 8.83 Å². The van der Waals surface area contributed by atoms with E-state index in [2.05, 4.69) is 269 Å². The second-order valence-corrected chi connectivity index (χ2v) is 21.1. The van der Waals surface area contributed by atoms with Crippen molar-refractivity contribution in [2.24, 2.45) is 0 Å². The topological polar surface area (TPSA) is 37.7 Å². The number of anilines is 6. The van der Waals surface area contributed by atoms with Crippen LogP contribution in [0.3, 0.4) is 0 Å². The zero-order valence-electron chi connectivity index (χ0n) is 42.0. The lowest BCUT2D eigenvalue weighted by atomic mass is 9.97. The maximum atomic E-state index is 6.98. The molecule has 16 aromatic rings. The Morgan fingerprint density at radius 2 is 0.910 bits per heavy atom. The summed E-state index contributed by atoms with van der Waals surface area (Å²) in [7, 11) is 0. The molecule has 12 aromatic carbocycles. The van der Waals surface area contributed by atoms with E-state index in [9.17, 15) is 0 Å². The molecule has 0 amide bonds. The first kappa shape index (κ1) is 44.2. The molecule has 0 fully saturated rings. The van der Waals surface area contributed by atoms with E-state index in [1.165, 1.54) is 47.5 Å². The van der Waals surface area contributed by atoms with Crippen molar-refractivity contribution in [3.05, 3.63) is 273 Å². The number of fused-ring (bicyclic) bond motifs is 13. The number of rotatable bonds is 9. The summed E-state index contributed by atoms with van der Waals surface area (Å²) in [6.45, 7) is 0. The van der Waals surface area contributed by atoms with E-state index in [-0.39, 0.29) is 0 Å². The van der Waals surface area contributed by atoms with Crippen molar-refractivity contribution in [1.29, 1.82) is 0 Å². The van der Waals surface area contributed by atoms with Crippen molar-refractivity contribution in [1.82, 2.24) is 4.57 Å². The van der Waals surface area contributed by atoms with Crippen LogP contribution >= 0.6 is 11.3 Å². The fourth-order valence-electron chi connectivity index (χ4n) is 12.1. The molecule has 366 valence electrons. The summed E-state index contributed by atoms with van der Waals surface area (Å²) in [5.41, 5.74) is 17.3. The average molecular weight is 1020 g/mol. The Hall–Kier alpha value is -10.1. The van der Waals surface area contributed by atoms with Gasteiger partial charge in [0.2, 0.25) is 0 Å². The van der Waals surface area contributed by atoms with Gasteiger partial charge in [0, 0.05) is 92.2 Å². The Bertz CT molecular complexity index is 4980. The minimum atomic E-state index is 0.807. The summed E-state index contributed by atoms with van der Waals surface area (Å²) >= 11 is 1.87. The smallest absolute Gasteiger partial charge is 0.159 e. The van der Waals surface area contributed by atoms with Gasteiger partial charge in [-0.05, 0) is 126 Å². The van der Waals surface area contributed by atoms with Crippen molar-refractivity contribution in [2.45, 2.75) is 0 Å². The zero-order chi connectivity index (χ0) is 51.3. The van der Waals surface area contributed by atoms with Crippen molar-refractivity contribution in [2.75, 3.05) is 9.80 Å². The van der Waals surface area contributed by atoms with Gasteiger partial charge < -0.3 is 23.2 Å². The van der Waals surface area contributed by atoms with E-state index >= 15 is 0 Å². The number of benzene rings is 12. The zero-order valence-corrected chi connectivity index (χ0v) is 42.9. The predicted molar refractivity (Wildman–Crippen MR) is 328 cm³/mol. The van der Waals surface area contributed by atoms with Crippen LogP contribution < -0.4 is 9.80 Å². The molecule has 0 aliphatic heterocycles. The molecule has 0 bridgehead atoms. The molecule has 0 saturated carbocycles. The van der Waals surface area contributed by atoms with Crippen molar-refractivity contribution in [3.63, 3.8) is 0 Å². The van der Waals surface area contributed by atoms with Crippen LogP contribution in [0.5, 0.6) is 0 Å². The highest BCUT2D eigenvalue weighted by atomic mass is 32.1. The first-order valence-electron chi connectivity index (χ1n) is 26.4. The molecule has 6 heteroatoms. The van der Waals surface area contributed by atoms with Crippen LogP contribution in [0.25, 0.3) is 114 Å². The lowest BCUT2D eigenvalue weighted by Crippen LogP contribution is -2.14. The molecule has 5 nitrogen and oxygen atoms in total. The number of aromatic nitrogens is 1. The van der Waals surface area contributed by atoms with Crippen LogP contribution in [0, 0.1) is 0 Å². The highest BCUT2D eigenvalue weighted by Gasteiger charge is 2.27. The van der Waals surface area contributed by atoms with Gasteiger partial charge in [-0.1, -0.05) is 164 Å². The summed E-state index contributed by atoms with van der Waals surface area (Å²) in [5, 5.41) is 9.12. The SMILES string of the molecule is c1ccc(-c2ccc(N(c3ccccc3)c3cc(-c4cc5c6ccccc6n(-c6ccccc6)c5c5c4sc4ccccc45)cc(N(c4ccc5oc6ccccc6c5c4)c4cccc5c4oc4ccccc45)c3)cc2)cc1. The third-order valence-electron chi connectivity index (χ3n) is 15.5. The molecular weight excluding hydrogens is 971 g/mol. The minimum absolute atomic E-state index is 0.807. The lowest BCUT2D eigenvalue weighted by molar-refractivity contribution is 0.669. The van der Waals surface area contributed by atoms with Crippen molar-refractivity contribution < 1.29 is 8.83 Å². The normalized spacial score (nSPS) is 11.8. The summed E-state index contributed by atoms with van der Waals surface area (Å²) in [6, 6.07) is 98.3. The Morgan fingerprint density at radius 3 is 1.69 bits per heavy atom. The van der Waals surface area contributed by atoms with Gasteiger partial charge in [-0.2, -0.15) is 0 Å². The fraction of sp³-hybridized carbons (Fsp3) is 0. The third-order valence-corrected chi connectivity index (χ3v) is 16.7. The quantitative estimate of drug-likeness (QED) is 0.144. The molecule has 0 spiro atoms. The number of hydrogen-bond donors (Lipinski definition) is 0. The fourth-order valence-corrected chi connectivity index (χ4v) is 13.3. The molecule has 16 rings (SSSR count). The number of furan rings is 2. The number of hydrogen-bond acceptors (Lipinski definition) is 5. The summed E-state index contributed by atoms with van der Waals surface area (Å²) in [5.74, 6) is 0. The molecule has 0 aliphatic rings. The van der Waals surface area contributed by atoms with E-state index in [1.54, 1.807) is 0 Å². The largest absolute Gasteiger partial charge is 0.456 e. The molecule has 4 aromatic heterocycles. The monoisotopic (exact) mass is 1020 g/mol. The maximum Gasteiger partial charge on any atom is 0.159 e. The van der Waals surface area contributed by atoms with Crippen LogP contribution in [0.4, 0.5) is 34.1 Å². The summed E-state index contributed by atoms with van der Waals surface area (Å²) in [6.07, 6.45) is 0. The summed E-state index contributed by atoms with van der Waals surface area (Å²) in [4.78, 5) is 4.79. The van der Waals surface area contributed by atoms with Gasteiger partial charge in [-0.3, -0.25) is 0 Å². The Kier molecular flexibility index (Phi) is 10.0. The highest BCUT2D eigenvalue weighted by molar-refractivity contribution is 7.26. The van der Waals surface area contributed by atoms with Gasteiger partial charge in [0.1, 0.15) is 16.7 Å². The van der Waals surface area contributed by atoms with Crippen LogP contribution in [0.1, 0.15) is 0 Å². The average Bonchev–Trinajstić information content (AvgIpc) is 4.47. The number of thiophene rings is 1. The third kappa shape index (κ3) is 7.01. The van der Waals surface area contributed by atoms with Crippen LogP contribution in [0.2, 0.25) is 0 Å². The van der Waals surface area contributed by atoms with Gasteiger partial charge in [-0.25, -0.2) is 0 Å². The van der Waals surface area contributed by atoms with E-state index in [1.807, 2.05) is 29.5 Å². The Balaban J connectivity index is 1.03. The van der Waals surface area contributed by atoms with E-state index in [0.717, 1.165) is 100 Å². The highest BCUT2D eigenvalue weighted by Crippen LogP contribution is 2.52. The minimum Gasteiger partial charge on any atom is -0.456 e. The van der Waals surface area contributed by atoms with E-state index in [0.29, 0.717) is 0 Å². The molecule has 0 N–H and O–H groups in total. The first-order valence-corrected chi connectivity index (χ1v) is 27.2. The van der Waals surface area contributed by atoms with Gasteiger partial charge >= 0.3 is 0 Å². The lowest BCUT2D eigenvalue weighted by Gasteiger charge is -2.30. The molecule has 4 heterocycles. The number of nitrogens with zero attached hydrogens (tertiary/aromatic N) is 3. The molecule has 0 atom stereocenters. The van der Waals surface area contributed by atoms with Crippen molar-refractivity contribution in [3.8, 4) is 27.9 Å². The molecule has 0 unspecified atom stereocenters. The van der Waals surface area contributed by atoms with Gasteiger partial charge in [0.05, 0.1) is 16.7 Å². The van der Waals surface area contributed by atoms with Gasteiger partial charge in [0.15, 0.2) is 5.58 Å². The van der Waals surface area contributed by atoms with Crippen LogP contribution in [-0.4, -0.2) is 4.57 Å². The predicted octanol–water partition coefficient (Wildman–Crippen LogP) is 21.2. The molecular formula is C72H45N3O2S. The van der Waals surface area contributed by atoms with Gasteiger partial charge in [0.25, 0.3) is 0 Å². The molecule has 0 radical (unpaired) electrons. The van der Waals surface area contributed by atoms with Crippen LogP contribution in [0.15, 0.2) is 282 Å². The first-order chi connectivity index (χ1) is 38.7. The van der Waals surface area contributed by atoms with E-state index < -0.39 is 0 Å². The van der Waals surface area contributed by atoms with Gasteiger partial charge in [-0.15, -0.1) is 11.3 Å². The van der Waals surface area contributed by atoms with Crippen molar-refractivity contribution >= 4 is 131 Å². The Labute approximate surface area is 452 Å². The molecule has 78 heavy (non-hydrogen) atoms. The maximum absolute atomic E-state index is 6.98. The van der Waals surface area contributed by atoms with Crippen LogP contribution in [-0.2, 0) is 0 Å². The second-order valence-electron chi connectivity index (χ2n) is 20.0. The standard InChI is InChI=1S/C72H45N3O2S/c1-4-19-46(20-5-1)47-35-37-51(38-36-47)73(49-21-6-2-7-22-49)53-41-48(60-45-62-55-25-10-14-30-63(55)75(50-23-8-3-9-24-50)70(62)69-59-28-13-17-34-68(59)78-72(60)69)42-54(43-53)74(52-39-40-67-61(44-52)57-27-12-15-32-65(57)76-67)64-31-18-29-58-56-26-11-16-33-66(56)77-71(58)64/h1-45H. The summed E-state index contributed by atoms with van der Waals surface area (Å²) < 4.78 is 18.4. The molecule has 0 saturated heterocycles. The second kappa shape index (κ2) is 17.7. The Morgan fingerprint density at radius 1 is 0.333 bits per heavy atom. The molecule has 0 aliphatic carbocycles.